The fourth-order valence-corrected chi connectivity index (χ4v) is 3.60. The van der Waals surface area contributed by atoms with Gasteiger partial charge in [-0.05, 0) is 69.2 Å². The zero-order valence-corrected chi connectivity index (χ0v) is 22.5. The van der Waals surface area contributed by atoms with Gasteiger partial charge in [-0.3, -0.25) is 0 Å². The Morgan fingerprint density at radius 1 is 1.09 bits per heavy atom. The van der Waals surface area contributed by atoms with Crippen LogP contribution in [0.4, 0.5) is 0 Å². The number of hydrogen-bond acceptors (Lipinski definition) is 3. The van der Waals surface area contributed by atoms with Gasteiger partial charge in [-0.15, -0.1) is 6.58 Å². The van der Waals surface area contributed by atoms with Crippen molar-refractivity contribution in [1.82, 2.24) is 5.06 Å². The lowest BCUT2D eigenvalue weighted by Gasteiger charge is -2.33. The number of ether oxygens (including phenoxy) is 1. The average molecular weight is 466 g/mol. The number of aryl methyl sites for hydroxylation is 1. The SMILES string of the molecule is C/C=C\C(=C/C)COc1cccc([C@@H]2CCN(O)C[C@@H]2C)c1.C=CC.CC.Cc1ccccc1. The van der Waals surface area contributed by atoms with Crippen molar-refractivity contribution in [2.45, 2.75) is 60.8 Å². The Labute approximate surface area is 209 Å². The molecule has 2 atom stereocenters. The molecule has 0 aromatic heterocycles. The van der Waals surface area contributed by atoms with Crippen molar-refractivity contribution in [3.63, 3.8) is 0 Å². The second-order valence-electron chi connectivity index (χ2n) is 8.07. The Kier molecular flexibility index (Phi) is 18.3. The van der Waals surface area contributed by atoms with Crippen molar-refractivity contribution in [1.29, 1.82) is 0 Å². The summed E-state index contributed by atoms with van der Waals surface area (Å²) in [5.41, 5.74) is 3.81. The van der Waals surface area contributed by atoms with Crippen LogP contribution in [0.2, 0.25) is 0 Å². The summed E-state index contributed by atoms with van der Waals surface area (Å²) in [7, 11) is 0. The highest BCUT2D eigenvalue weighted by Gasteiger charge is 2.26. The van der Waals surface area contributed by atoms with E-state index in [9.17, 15) is 5.21 Å². The molecule has 188 valence electrons. The fraction of sp³-hybridized carbons (Fsp3) is 0.419. The van der Waals surface area contributed by atoms with Crippen molar-refractivity contribution >= 4 is 0 Å². The number of piperidine rings is 1. The molecule has 0 spiro atoms. The lowest BCUT2D eigenvalue weighted by molar-refractivity contribution is -0.119. The van der Waals surface area contributed by atoms with Gasteiger partial charge >= 0.3 is 0 Å². The van der Waals surface area contributed by atoms with E-state index in [-0.39, 0.29) is 0 Å². The fourth-order valence-electron chi connectivity index (χ4n) is 3.60. The number of rotatable bonds is 5. The maximum absolute atomic E-state index is 9.62. The van der Waals surface area contributed by atoms with Gasteiger partial charge in [-0.2, -0.15) is 5.06 Å². The molecule has 0 radical (unpaired) electrons. The Hall–Kier alpha value is -2.62. The van der Waals surface area contributed by atoms with Crippen LogP contribution < -0.4 is 4.74 Å². The maximum Gasteiger partial charge on any atom is 0.120 e. The first-order chi connectivity index (χ1) is 16.4. The zero-order chi connectivity index (χ0) is 25.8. The van der Waals surface area contributed by atoms with Crippen LogP contribution in [0.3, 0.4) is 0 Å². The van der Waals surface area contributed by atoms with E-state index in [2.05, 4.69) is 62.9 Å². The van der Waals surface area contributed by atoms with Gasteiger partial charge in [0.1, 0.15) is 12.4 Å². The van der Waals surface area contributed by atoms with Crippen molar-refractivity contribution < 1.29 is 9.94 Å². The summed E-state index contributed by atoms with van der Waals surface area (Å²) in [6.45, 7) is 19.6. The third-order valence-corrected chi connectivity index (χ3v) is 5.27. The van der Waals surface area contributed by atoms with E-state index in [1.807, 2.05) is 65.0 Å². The molecule has 0 aliphatic carbocycles. The normalized spacial score (nSPS) is 17.8. The van der Waals surface area contributed by atoms with Gasteiger partial charge in [0.2, 0.25) is 0 Å². The minimum absolute atomic E-state index is 0.447. The van der Waals surface area contributed by atoms with Crippen LogP contribution in [0.5, 0.6) is 5.75 Å². The topological polar surface area (TPSA) is 32.7 Å². The molecule has 3 rings (SSSR count). The number of allylic oxidation sites excluding steroid dienone is 3. The molecule has 0 unspecified atom stereocenters. The van der Waals surface area contributed by atoms with E-state index >= 15 is 0 Å². The molecule has 1 aliphatic heterocycles. The molecule has 1 N–H and O–H groups in total. The number of benzene rings is 2. The molecule has 1 heterocycles. The van der Waals surface area contributed by atoms with Gasteiger partial charge in [0, 0.05) is 13.1 Å². The summed E-state index contributed by atoms with van der Waals surface area (Å²) >= 11 is 0. The van der Waals surface area contributed by atoms with Gasteiger partial charge in [-0.25, -0.2) is 0 Å². The molecule has 0 saturated carbocycles. The molecule has 2 aromatic carbocycles. The van der Waals surface area contributed by atoms with Crippen molar-refractivity contribution in [2.24, 2.45) is 5.92 Å². The Bertz CT molecular complexity index is 826. The summed E-state index contributed by atoms with van der Waals surface area (Å²) in [5, 5.41) is 11.0. The quantitative estimate of drug-likeness (QED) is 0.354. The van der Waals surface area contributed by atoms with Gasteiger partial charge in [0.25, 0.3) is 0 Å². The van der Waals surface area contributed by atoms with Crippen LogP contribution >= 0.6 is 0 Å². The number of hydroxylamine groups is 2. The molecule has 2 aromatic rings. The van der Waals surface area contributed by atoms with E-state index in [1.165, 1.54) is 21.8 Å². The molecule has 3 heteroatoms. The highest BCUT2D eigenvalue weighted by atomic mass is 16.5. The monoisotopic (exact) mass is 465 g/mol. The summed E-state index contributed by atoms with van der Waals surface area (Å²) in [4.78, 5) is 0. The van der Waals surface area contributed by atoms with Crippen LogP contribution in [-0.2, 0) is 0 Å². The van der Waals surface area contributed by atoms with E-state index in [0.29, 0.717) is 18.4 Å². The highest BCUT2D eigenvalue weighted by Crippen LogP contribution is 2.33. The van der Waals surface area contributed by atoms with E-state index < -0.39 is 0 Å². The van der Waals surface area contributed by atoms with Crippen LogP contribution in [0.15, 0.2) is 91.1 Å². The first-order valence-electron chi connectivity index (χ1n) is 12.5. The molecule has 3 nitrogen and oxygen atoms in total. The lowest BCUT2D eigenvalue weighted by atomic mass is 9.82. The second kappa shape index (κ2) is 19.8. The standard InChI is InChI=1S/C19H27NO2.C7H8.C3H6.C2H6/c1-4-7-16(5-2)14-22-18-9-6-8-17(12-18)19-10-11-20(21)13-15(19)3;1-7-5-3-2-4-6-7;1-3-2;1-2/h4-9,12,15,19,21H,10-11,13-14H2,1-3H3;2-6H,1H3;3H,1H2,2H3;1-2H3/b7-4-,16-5+;;;/t15-,19+;;;/m0.../s1. The third-order valence-electron chi connectivity index (χ3n) is 5.27. The summed E-state index contributed by atoms with van der Waals surface area (Å²) in [6, 6.07) is 18.7. The van der Waals surface area contributed by atoms with Crippen LogP contribution in [0, 0.1) is 12.8 Å². The highest BCUT2D eigenvalue weighted by molar-refractivity contribution is 5.32. The minimum Gasteiger partial charge on any atom is -0.489 e. The number of hydrogen-bond donors (Lipinski definition) is 1. The average Bonchev–Trinajstić information content (AvgIpc) is 2.84. The first kappa shape index (κ1) is 31.4. The van der Waals surface area contributed by atoms with Crippen molar-refractivity contribution in [3.05, 3.63) is 102 Å². The second-order valence-corrected chi connectivity index (χ2v) is 8.07. The maximum atomic E-state index is 9.62. The smallest absolute Gasteiger partial charge is 0.120 e. The van der Waals surface area contributed by atoms with Gasteiger partial charge in [0.05, 0.1) is 0 Å². The molecular formula is C31H47NO2. The Morgan fingerprint density at radius 2 is 1.74 bits per heavy atom. The first-order valence-corrected chi connectivity index (χ1v) is 12.5. The molecule has 1 fully saturated rings. The van der Waals surface area contributed by atoms with E-state index in [1.54, 1.807) is 6.08 Å². The molecule has 1 aliphatic rings. The molecule has 1 saturated heterocycles. The van der Waals surface area contributed by atoms with E-state index in [0.717, 1.165) is 25.3 Å². The van der Waals surface area contributed by atoms with Gasteiger partial charge in [-0.1, -0.05) is 93.1 Å². The van der Waals surface area contributed by atoms with Crippen LogP contribution in [-0.4, -0.2) is 30.0 Å². The Balaban J connectivity index is 0.000000750. The number of nitrogens with zero attached hydrogens (tertiary/aromatic N) is 1. The lowest BCUT2D eigenvalue weighted by Crippen LogP contribution is -2.35. The molecule has 0 amide bonds. The molecule has 34 heavy (non-hydrogen) atoms. The van der Waals surface area contributed by atoms with Crippen molar-refractivity contribution in [3.8, 4) is 5.75 Å². The largest absolute Gasteiger partial charge is 0.489 e. The zero-order valence-electron chi connectivity index (χ0n) is 22.5. The predicted molar refractivity (Wildman–Crippen MR) is 149 cm³/mol. The molecule has 0 bridgehead atoms. The van der Waals surface area contributed by atoms with Crippen LogP contribution in [0.25, 0.3) is 0 Å². The van der Waals surface area contributed by atoms with Gasteiger partial charge in [0.15, 0.2) is 0 Å². The minimum atomic E-state index is 0.447. The van der Waals surface area contributed by atoms with Crippen LogP contribution in [0.1, 0.15) is 65.0 Å². The third kappa shape index (κ3) is 13.2. The molecular weight excluding hydrogens is 418 g/mol. The van der Waals surface area contributed by atoms with Gasteiger partial charge < -0.3 is 9.94 Å². The summed E-state index contributed by atoms with van der Waals surface area (Å²) in [5.74, 6) is 1.85. The van der Waals surface area contributed by atoms with E-state index in [4.69, 9.17) is 4.74 Å². The predicted octanol–water partition coefficient (Wildman–Crippen LogP) is 8.62. The summed E-state index contributed by atoms with van der Waals surface area (Å²) < 4.78 is 5.92. The van der Waals surface area contributed by atoms with Crippen molar-refractivity contribution in [2.75, 3.05) is 19.7 Å². The Morgan fingerprint density at radius 3 is 2.24 bits per heavy atom. The summed E-state index contributed by atoms with van der Waals surface area (Å²) in [6.07, 6.45) is 8.91.